The number of likely N-dealkylation sites (tertiary alicyclic amines) is 1. The van der Waals surface area contributed by atoms with E-state index < -0.39 is 0 Å². The molecule has 0 aromatic heterocycles. The summed E-state index contributed by atoms with van der Waals surface area (Å²) in [6, 6.07) is 12.1. The van der Waals surface area contributed by atoms with Gasteiger partial charge in [0.25, 0.3) is 0 Å². The Morgan fingerprint density at radius 2 is 1.66 bits per heavy atom. The van der Waals surface area contributed by atoms with Gasteiger partial charge >= 0.3 is 0 Å². The van der Waals surface area contributed by atoms with Crippen LogP contribution in [0.15, 0.2) is 42.5 Å². The van der Waals surface area contributed by atoms with Crippen LogP contribution in [-0.4, -0.2) is 36.3 Å². The van der Waals surface area contributed by atoms with E-state index in [0.29, 0.717) is 13.1 Å². The first kappa shape index (κ1) is 21.0. The average molecular weight is 397 g/mol. The Bertz CT molecular complexity index is 839. The highest BCUT2D eigenvalue weighted by Crippen LogP contribution is 2.18. The number of hydrogen-bond acceptors (Lipinski definition) is 3. The highest BCUT2D eigenvalue weighted by atomic mass is 19.1. The molecule has 2 aromatic rings. The molecule has 1 saturated heterocycles. The van der Waals surface area contributed by atoms with Crippen LogP contribution in [0.1, 0.15) is 29.5 Å². The van der Waals surface area contributed by atoms with Crippen LogP contribution in [0.3, 0.4) is 0 Å². The fourth-order valence-corrected chi connectivity index (χ4v) is 3.74. The summed E-state index contributed by atoms with van der Waals surface area (Å²) in [6.07, 6.45) is 1.46. The second-order valence-electron chi connectivity index (χ2n) is 7.82. The molecule has 5 nitrogen and oxygen atoms in total. The fraction of sp³-hybridized carbons (Fsp3) is 0.391. The largest absolute Gasteiger partial charge is 0.352 e. The smallest absolute Gasteiger partial charge is 0.238 e. The molecule has 154 valence electrons. The first-order chi connectivity index (χ1) is 13.9. The van der Waals surface area contributed by atoms with Crippen molar-refractivity contribution in [3.8, 4) is 0 Å². The van der Waals surface area contributed by atoms with Crippen LogP contribution in [0.4, 0.5) is 10.1 Å². The Morgan fingerprint density at radius 1 is 1.03 bits per heavy atom. The van der Waals surface area contributed by atoms with Crippen molar-refractivity contribution in [3.63, 3.8) is 0 Å². The van der Waals surface area contributed by atoms with E-state index in [4.69, 9.17) is 0 Å². The van der Waals surface area contributed by atoms with E-state index in [1.165, 1.54) is 12.1 Å². The second-order valence-corrected chi connectivity index (χ2v) is 7.82. The Balaban J connectivity index is 1.40. The van der Waals surface area contributed by atoms with E-state index in [1.54, 1.807) is 12.1 Å². The van der Waals surface area contributed by atoms with E-state index >= 15 is 0 Å². The molecule has 2 N–H and O–H groups in total. The minimum Gasteiger partial charge on any atom is -0.352 e. The SMILES string of the molecule is Cc1cc(C)cc(NC(=O)CN2CCC(C(=O)NCc3ccc(F)cc3)CC2)c1. The summed E-state index contributed by atoms with van der Waals surface area (Å²) in [4.78, 5) is 26.8. The number of nitrogens with one attached hydrogen (secondary N) is 2. The Kier molecular flexibility index (Phi) is 6.99. The molecule has 0 radical (unpaired) electrons. The molecule has 1 fully saturated rings. The number of hydrogen-bond donors (Lipinski definition) is 2. The zero-order chi connectivity index (χ0) is 20.8. The van der Waals surface area contributed by atoms with Crippen molar-refractivity contribution in [1.82, 2.24) is 10.2 Å². The van der Waals surface area contributed by atoms with Crippen LogP contribution in [0, 0.1) is 25.6 Å². The van der Waals surface area contributed by atoms with Gasteiger partial charge in [0.15, 0.2) is 0 Å². The summed E-state index contributed by atoms with van der Waals surface area (Å²) < 4.78 is 12.9. The van der Waals surface area contributed by atoms with Crippen molar-refractivity contribution in [3.05, 3.63) is 65.0 Å². The lowest BCUT2D eigenvalue weighted by Gasteiger charge is -2.30. The topological polar surface area (TPSA) is 61.4 Å². The average Bonchev–Trinajstić information content (AvgIpc) is 2.67. The van der Waals surface area contributed by atoms with Crippen molar-refractivity contribution in [2.75, 3.05) is 25.0 Å². The molecule has 0 aliphatic carbocycles. The van der Waals surface area contributed by atoms with Gasteiger partial charge in [-0.2, -0.15) is 0 Å². The predicted molar refractivity (Wildman–Crippen MR) is 112 cm³/mol. The highest BCUT2D eigenvalue weighted by molar-refractivity contribution is 5.92. The lowest BCUT2D eigenvalue weighted by molar-refractivity contribution is -0.126. The summed E-state index contributed by atoms with van der Waals surface area (Å²) in [6.45, 7) is 6.18. The van der Waals surface area contributed by atoms with Crippen LogP contribution < -0.4 is 10.6 Å². The van der Waals surface area contributed by atoms with E-state index in [2.05, 4.69) is 21.6 Å². The number of benzene rings is 2. The molecule has 6 heteroatoms. The lowest BCUT2D eigenvalue weighted by atomic mass is 9.96. The number of amides is 2. The van der Waals surface area contributed by atoms with Crippen LogP contribution >= 0.6 is 0 Å². The molecule has 0 unspecified atom stereocenters. The number of carbonyl (C=O) groups excluding carboxylic acids is 2. The van der Waals surface area contributed by atoms with Gasteiger partial charge in [-0.05, 0) is 80.7 Å². The maximum Gasteiger partial charge on any atom is 0.238 e. The lowest BCUT2D eigenvalue weighted by Crippen LogP contribution is -2.43. The van der Waals surface area contributed by atoms with Crippen molar-refractivity contribution in [2.45, 2.75) is 33.2 Å². The molecule has 0 saturated carbocycles. The van der Waals surface area contributed by atoms with Crippen LogP contribution in [-0.2, 0) is 16.1 Å². The van der Waals surface area contributed by atoms with Gasteiger partial charge in [-0.25, -0.2) is 4.39 Å². The standard InChI is InChI=1S/C23H28FN3O2/c1-16-11-17(2)13-21(12-16)26-22(28)15-27-9-7-19(8-10-27)23(29)25-14-18-3-5-20(24)6-4-18/h3-6,11-13,19H,7-10,14-15H2,1-2H3,(H,25,29)(H,26,28). The highest BCUT2D eigenvalue weighted by Gasteiger charge is 2.25. The first-order valence-corrected chi connectivity index (χ1v) is 10.0. The van der Waals surface area contributed by atoms with Gasteiger partial charge in [0.05, 0.1) is 6.54 Å². The number of rotatable bonds is 6. The normalized spacial score (nSPS) is 15.1. The van der Waals surface area contributed by atoms with Crippen molar-refractivity contribution < 1.29 is 14.0 Å². The maximum absolute atomic E-state index is 12.9. The number of carbonyl (C=O) groups is 2. The number of anilines is 1. The van der Waals surface area contributed by atoms with E-state index in [-0.39, 0.29) is 23.5 Å². The predicted octanol–water partition coefficient (Wildman–Crippen LogP) is 3.41. The summed E-state index contributed by atoms with van der Waals surface area (Å²) in [5.74, 6) is -0.342. The van der Waals surface area contributed by atoms with Crippen molar-refractivity contribution >= 4 is 17.5 Å². The molecule has 1 heterocycles. The molecule has 0 atom stereocenters. The van der Waals surface area contributed by atoms with E-state index in [9.17, 15) is 14.0 Å². The van der Waals surface area contributed by atoms with Gasteiger partial charge in [-0.15, -0.1) is 0 Å². The molecule has 0 bridgehead atoms. The third kappa shape index (κ3) is 6.39. The quantitative estimate of drug-likeness (QED) is 0.785. The van der Waals surface area contributed by atoms with Gasteiger partial charge in [-0.1, -0.05) is 18.2 Å². The number of aryl methyl sites for hydroxylation is 2. The maximum atomic E-state index is 12.9. The second kappa shape index (κ2) is 9.65. The molecule has 2 aromatic carbocycles. The number of halogens is 1. The summed E-state index contributed by atoms with van der Waals surface area (Å²) >= 11 is 0. The molecule has 1 aliphatic heterocycles. The zero-order valence-electron chi connectivity index (χ0n) is 17.0. The van der Waals surface area contributed by atoms with Crippen LogP contribution in [0.2, 0.25) is 0 Å². The van der Waals surface area contributed by atoms with Crippen LogP contribution in [0.5, 0.6) is 0 Å². The Labute approximate surface area is 171 Å². The molecule has 0 spiro atoms. The first-order valence-electron chi connectivity index (χ1n) is 10.0. The van der Waals surface area contributed by atoms with Gasteiger partial charge in [0.2, 0.25) is 11.8 Å². The third-order valence-electron chi connectivity index (χ3n) is 5.21. The van der Waals surface area contributed by atoms with Crippen molar-refractivity contribution in [1.29, 1.82) is 0 Å². The monoisotopic (exact) mass is 397 g/mol. The minimum absolute atomic E-state index is 0.0219. The molecule has 2 amide bonds. The van der Waals surface area contributed by atoms with Crippen LogP contribution in [0.25, 0.3) is 0 Å². The summed E-state index contributed by atoms with van der Waals surface area (Å²) in [5.41, 5.74) is 3.93. The third-order valence-corrected chi connectivity index (χ3v) is 5.21. The molecule has 29 heavy (non-hydrogen) atoms. The Hall–Kier alpha value is -2.73. The minimum atomic E-state index is -0.283. The van der Waals surface area contributed by atoms with E-state index in [1.807, 2.05) is 26.0 Å². The van der Waals surface area contributed by atoms with E-state index in [0.717, 1.165) is 48.3 Å². The van der Waals surface area contributed by atoms with Gasteiger partial charge in [0.1, 0.15) is 5.82 Å². The molecular weight excluding hydrogens is 369 g/mol. The van der Waals surface area contributed by atoms with Gasteiger partial charge in [0, 0.05) is 18.2 Å². The molecule has 3 rings (SSSR count). The fourth-order valence-electron chi connectivity index (χ4n) is 3.74. The summed E-state index contributed by atoms with van der Waals surface area (Å²) in [5, 5.41) is 5.89. The van der Waals surface area contributed by atoms with Gasteiger partial charge < -0.3 is 10.6 Å². The molecule has 1 aliphatic rings. The molecular formula is C23H28FN3O2. The number of piperidine rings is 1. The zero-order valence-corrected chi connectivity index (χ0v) is 17.0. The van der Waals surface area contributed by atoms with Crippen molar-refractivity contribution in [2.24, 2.45) is 5.92 Å². The Morgan fingerprint density at radius 3 is 2.28 bits per heavy atom. The summed E-state index contributed by atoms with van der Waals surface area (Å²) in [7, 11) is 0. The van der Waals surface area contributed by atoms with Gasteiger partial charge in [-0.3, -0.25) is 14.5 Å². The number of nitrogens with zero attached hydrogens (tertiary/aromatic N) is 1.